The molecular weight excluding hydrogens is 317 g/mol. The van der Waals surface area contributed by atoms with Crippen molar-refractivity contribution in [1.82, 2.24) is 5.43 Å². The van der Waals surface area contributed by atoms with Crippen LogP contribution in [0.1, 0.15) is 18.1 Å². The molecule has 1 N–H and O–H groups in total. The van der Waals surface area contributed by atoms with E-state index in [1.807, 2.05) is 24.3 Å². The van der Waals surface area contributed by atoms with Crippen molar-refractivity contribution in [1.29, 1.82) is 0 Å². The lowest BCUT2D eigenvalue weighted by Crippen LogP contribution is -1.99. The highest BCUT2D eigenvalue weighted by molar-refractivity contribution is 14.2. The summed E-state index contributed by atoms with van der Waals surface area (Å²) in [6.07, 6.45) is 1.57. The smallest absolute Gasteiger partial charge is 0.242 e. The molecule has 1 aromatic rings. The van der Waals surface area contributed by atoms with Crippen LogP contribution in [-0.2, 0) is 4.79 Å². The van der Waals surface area contributed by atoms with Crippen molar-refractivity contribution < 1.29 is 4.79 Å². The minimum atomic E-state index is -0.187. The van der Waals surface area contributed by atoms with E-state index in [0.29, 0.717) is 0 Å². The number of rotatable bonds is 2. The average molecular weight is 327 g/mol. The summed E-state index contributed by atoms with van der Waals surface area (Å²) in [7, 11) is 0. The Balaban J connectivity index is 2.13. The SMILES string of the molecule is CC(=O)N=Cc1ccc(C2=CI=NN2)cc1. The molecule has 0 saturated carbocycles. The van der Waals surface area contributed by atoms with Crippen LogP contribution in [0.15, 0.2) is 36.6 Å². The fraction of sp³-hybridized carbons (Fsp3) is 0.0909. The predicted molar refractivity (Wildman–Crippen MR) is 72.3 cm³/mol. The summed E-state index contributed by atoms with van der Waals surface area (Å²) in [5.41, 5.74) is 6.09. The van der Waals surface area contributed by atoms with Gasteiger partial charge in [-0.2, -0.15) is 0 Å². The maximum atomic E-state index is 10.7. The Morgan fingerprint density at radius 3 is 2.75 bits per heavy atom. The highest BCUT2D eigenvalue weighted by atomic mass is 127. The molecule has 4 nitrogen and oxygen atoms in total. The molecule has 0 fully saturated rings. The number of halogens is 1. The number of hydrogen-bond acceptors (Lipinski definition) is 3. The van der Waals surface area contributed by atoms with Gasteiger partial charge in [0.25, 0.3) is 0 Å². The molecule has 0 bridgehead atoms. The van der Waals surface area contributed by atoms with Crippen LogP contribution in [0.4, 0.5) is 0 Å². The van der Waals surface area contributed by atoms with Crippen molar-refractivity contribution in [2.75, 3.05) is 0 Å². The van der Waals surface area contributed by atoms with E-state index in [1.54, 1.807) is 6.21 Å². The molecule has 0 aliphatic carbocycles. The number of amides is 1. The maximum Gasteiger partial charge on any atom is 0.242 e. The number of aliphatic imine (C=N–C) groups is 1. The van der Waals surface area contributed by atoms with Crippen molar-refractivity contribution >= 4 is 38.9 Å². The standard InChI is InChI=1S/C11H10IN3O/c1-8(16)13-7-9-2-4-10(5-3-9)11-6-12-15-14-11/h2-7,14H,1H3. The number of hydrogen-bond donors (Lipinski definition) is 1. The Bertz CT molecular complexity index is 488. The van der Waals surface area contributed by atoms with Crippen molar-refractivity contribution in [3.05, 3.63) is 39.5 Å². The molecule has 0 aromatic heterocycles. The van der Waals surface area contributed by atoms with E-state index >= 15 is 0 Å². The van der Waals surface area contributed by atoms with E-state index in [-0.39, 0.29) is 26.9 Å². The van der Waals surface area contributed by atoms with E-state index in [9.17, 15) is 4.79 Å². The normalized spacial score (nSPS) is 14.4. The third-order valence-electron chi connectivity index (χ3n) is 1.99. The zero-order chi connectivity index (χ0) is 11.4. The van der Waals surface area contributed by atoms with Crippen LogP contribution >= 0.6 is 21.0 Å². The monoisotopic (exact) mass is 327 g/mol. The second-order valence-corrected chi connectivity index (χ2v) is 4.88. The van der Waals surface area contributed by atoms with Gasteiger partial charge in [0.1, 0.15) is 0 Å². The van der Waals surface area contributed by atoms with Gasteiger partial charge in [0.2, 0.25) is 5.91 Å². The van der Waals surface area contributed by atoms with Crippen molar-refractivity contribution in [2.45, 2.75) is 6.92 Å². The highest BCUT2D eigenvalue weighted by Crippen LogP contribution is 2.22. The number of nitrogens with zero attached hydrogens (tertiary/aromatic N) is 2. The zero-order valence-corrected chi connectivity index (χ0v) is 10.8. The van der Waals surface area contributed by atoms with E-state index in [0.717, 1.165) is 16.8 Å². The fourth-order valence-corrected chi connectivity index (χ4v) is 2.53. The Morgan fingerprint density at radius 1 is 1.44 bits per heavy atom. The molecular formula is C11H10IN3O. The molecule has 5 heteroatoms. The summed E-state index contributed by atoms with van der Waals surface area (Å²) < 4.78 is 6.26. The summed E-state index contributed by atoms with van der Waals surface area (Å²) in [4.78, 5) is 14.4. The second-order valence-electron chi connectivity index (χ2n) is 3.22. The summed E-state index contributed by atoms with van der Waals surface area (Å²) in [5.74, 6) is -0.187. The van der Waals surface area contributed by atoms with Gasteiger partial charge in [0.15, 0.2) is 0 Å². The van der Waals surface area contributed by atoms with Crippen LogP contribution in [-0.4, -0.2) is 12.1 Å². The summed E-state index contributed by atoms with van der Waals surface area (Å²) in [5, 5.41) is 0. The highest BCUT2D eigenvalue weighted by Gasteiger charge is 2.02. The van der Waals surface area contributed by atoms with Gasteiger partial charge in [-0.05, 0) is 5.56 Å². The van der Waals surface area contributed by atoms with Gasteiger partial charge in [-0.1, -0.05) is 24.3 Å². The third kappa shape index (κ3) is 2.82. The van der Waals surface area contributed by atoms with Crippen molar-refractivity contribution in [2.24, 2.45) is 8.25 Å². The van der Waals surface area contributed by atoms with Crippen molar-refractivity contribution in [3.63, 3.8) is 0 Å². The van der Waals surface area contributed by atoms with E-state index in [1.165, 1.54) is 6.92 Å². The number of benzene rings is 1. The lowest BCUT2D eigenvalue weighted by molar-refractivity contribution is -0.115. The van der Waals surface area contributed by atoms with Crippen LogP contribution < -0.4 is 5.43 Å². The molecule has 1 heterocycles. The lowest BCUT2D eigenvalue weighted by atomic mass is 10.1. The van der Waals surface area contributed by atoms with Crippen molar-refractivity contribution in [3.8, 4) is 0 Å². The summed E-state index contributed by atoms with van der Waals surface area (Å²) >= 11 is -0.167. The molecule has 1 aliphatic rings. The van der Waals surface area contributed by atoms with Crippen LogP contribution in [0.25, 0.3) is 5.70 Å². The van der Waals surface area contributed by atoms with Gasteiger partial charge in [0.05, 0.1) is 5.70 Å². The minimum Gasteiger partial charge on any atom is -0.273 e. The maximum absolute atomic E-state index is 10.7. The largest absolute Gasteiger partial charge is 0.273 e. The van der Waals surface area contributed by atoms with E-state index in [4.69, 9.17) is 0 Å². The lowest BCUT2D eigenvalue weighted by Gasteiger charge is -2.01. The quantitative estimate of drug-likeness (QED) is 0.671. The first-order valence-corrected chi connectivity index (χ1v) is 6.91. The van der Waals surface area contributed by atoms with Gasteiger partial charge in [-0.25, -0.2) is 4.99 Å². The average Bonchev–Trinajstić information content (AvgIpc) is 2.80. The molecule has 1 amide bonds. The molecule has 0 saturated heterocycles. The van der Waals surface area contributed by atoms with Gasteiger partial charge in [-0.3, -0.25) is 10.2 Å². The van der Waals surface area contributed by atoms with Gasteiger partial charge in [-0.15, -0.1) is 3.25 Å². The first-order chi connectivity index (χ1) is 7.75. The Hall–Kier alpha value is -1.37. The molecule has 1 aliphatic heterocycles. The number of nitrogens with one attached hydrogen (secondary N) is 1. The zero-order valence-electron chi connectivity index (χ0n) is 8.64. The molecule has 0 unspecified atom stereocenters. The van der Waals surface area contributed by atoms with E-state index < -0.39 is 0 Å². The van der Waals surface area contributed by atoms with Crippen LogP contribution in [0.5, 0.6) is 0 Å². The van der Waals surface area contributed by atoms with Gasteiger partial charge in [0, 0.05) is 43.8 Å². The third-order valence-corrected chi connectivity index (χ3v) is 3.41. The predicted octanol–water partition coefficient (Wildman–Crippen LogP) is 2.62. The Morgan fingerprint density at radius 2 is 2.19 bits per heavy atom. The van der Waals surface area contributed by atoms with Crippen LogP contribution in [0.3, 0.4) is 0 Å². The van der Waals surface area contributed by atoms with Crippen LogP contribution in [0, 0.1) is 0 Å². The fourth-order valence-electron chi connectivity index (χ4n) is 1.21. The Labute approximate surface area is 104 Å². The molecule has 16 heavy (non-hydrogen) atoms. The first-order valence-electron chi connectivity index (χ1n) is 4.70. The number of carbonyl (C=O) groups excluding carboxylic acids is 1. The van der Waals surface area contributed by atoms with E-state index in [2.05, 4.69) is 17.8 Å². The van der Waals surface area contributed by atoms with Gasteiger partial charge < -0.3 is 0 Å². The Kier molecular flexibility index (Phi) is 3.55. The second kappa shape index (κ2) is 5.11. The first kappa shape index (κ1) is 11.1. The molecule has 0 radical (unpaired) electrons. The number of carbonyl (C=O) groups is 1. The molecule has 1 aromatic carbocycles. The molecule has 2 rings (SSSR count). The molecule has 82 valence electrons. The summed E-state index contributed by atoms with van der Waals surface area (Å²) in [6.45, 7) is 1.43. The minimum absolute atomic E-state index is 0.167. The van der Waals surface area contributed by atoms with Gasteiger partial charge >= 0.3 is 0 Å². The summed E-state index contributed by atoms with van der Waals surface area (Å²) in [6, 6.07) is 7.84. The molecule has 0 spiro atoms. The topological polar surface area (TPSA) is 53.8 Å². The molecule has 0 atom stereocenters. The van der Waals surface area contributed by atoms with Crippen LogP contribution in [0.2, 0.25) is 0 Å².